The third-order valence-electron chi connectivity index (χ3n) is 5.44. The molecule has 0 heterocycles. The van der Waals surface area contributed by atoms with Gasteiger partial charge in [-0.25, -0.2) is 0 Å². The number of carbonyl (C=O) groups is 1. The predicted octanol–water partition coefficient (Wildman–Crippen LogP) is 6.11. The molecular weight excluding hydrogens is 391 g/mol. The zero-order valence-corrected chi connectivity index (χ0v) is 19.1. The third-order valence-corrected chi connectivity index (χ3v) is 7.32. The number of benzene rings is 3. The average Bonchev–Trinajstić information content (AvgIpc) is 2.78. The Labute approximate surface area is 181 Å². The van der Waals surface area contributed by atoms with Gasteiger partial charge in [-0.05, 0) is 30.3 Å². The summed E-state index contributed by atoms with van der Waals surface area (Å²) >= 11 is 0. The van der Waals surface area contributed by atoms with Gasteiger partial charge >= 0.3 is 0 Å². The lowest BCUT2D eigenvalue weighted by atomic mass is 9.96. The molecule has 3 aromatic rings. The molecule has 156 valence electrons. The lowest BCUT2D eigenvalue weighted by molar-refractivity contribution is 0.101. The Kier molecular flexibility index (Phi) is 7.29. The Hall–Kier alpha value is -2.64. The Morgan fingerprint density at radius 1 is 0.967 bits per heavy atom. The van der Waals surface area contributed by atoms with Crippen LogP contribution in [0.25, 0.3) is 0 Å². The van der Waals surface area contributed by atoms with Crippen LogP contribution in [0.1, 0.15) is 48.7 Å². The van der Waals surface area contributed by atoms with Gasteiger partial charge in [0.15, 0.2) is 17.3 Å². The number of methoxy groups -OCH3 is 1. The fourth-order valence-corrected chi connectivity index (χ4v) is 5.21. The van der Waals surface area contributed by atoms with Gasteiger partial charge in [-0.1, -0.05) is 89.2 Å². The molecule has 0 bridgehead atoms. The van der Waals surface area contributed by atoms with Crippen molar-refractivity contribution in [3.63, 3.8) is 0 Å². The van der Waals surface area contributed by atoms with E-state index in [-0.39, 0.29) is 10.9 Å². The van der Waals surface area contributed by atoms with Gasteiger partial charge in [-0.2, -0.15) is 0 Å². The molecule has 4 heteroatoms. The standard InChI is InChI=1S/C26H29O3P/c1-5-26(3,30-24-17-10-9-14-21(24)19(2)27)22-15-11-16-23(28-4)25(22)29-18-20-12-7-6-8-13-20/h6-17,30H,5,18H2,1-4H3. The molecule has 0 spiro atoms. The Morgan fingerprint density at radius 2 is 1.67 bits per heavy atom. The first-order valence-corrected chi connectivity index (χ1v) is 11.2. The fraction of sp³-hybridized carbons (Fsp3) is 0.269. The van der Waals surface area contributed by atoms with Crippen LogP contribution in [0, 0.1) is 0 Å². The molecule has 0 aliphatic heterocycles. The second kappa shape index (κ2) is 9.91. The SMILES string of the molecule is CCC(C)(Pc1ccccc1C(C)=O)c1cccc(OC)c1OCc1ccccc1. The molecule has 0 amide bonds. The summed E-state index contributed by atoms with van der Waals surface area (Å²) in [7, 11) is 2.10. The Balaban J connectivity index is 2.00. The number of hydrogen-bond acceptors (Lipinski definition) is 3. The molecule has 0 N–H and O–H groups in total. The van der Waals surface area contributed by atoms with Crippen LogP contribution in [0.4, 0.5) is 0 Å². The molecule has 2 atom stereocenters. The first kappa shape index (κ1) is 22.1. The summed E-state index contributed by atoms with van der Waals surface area (Å²) in [6, 6.07) is 24.1. The zero-order chi connectivity index (χ0) is 21.6. The van der Waals surface area contributed by atoms with Crippen molar-refractivity contribution in [3.05, 3.63) is 89.5 Å². The lowest BCUT2D eigenvalue weighted by Gasteiger charge is -2.32. The topological polar surface area (TPSA) is 35.5 Å². The average molecular weight is 420 g/mol. The van der Waals surface area contributed by atoms with E-state index >= 15 is 0 Å². The van der Waals surface area contributed by atoms with E-state index in [0.717, 1.165) is 39.9 Å². The molecule has 3 nitrogen and oxygen atoms in total. The largest absolute Gasteiger partial charge is 0.493 e. The van der Waals surface area contributed by atoms with Crippen molar-refractivity contribution in [2.75, 3.05) is 7.11 Å². The number of ketones is 1. The van der Waals surface area contributed by atoms with Crippen molar-refractivity contribution in [1.29, 1.82) is 0 Å². The fourth-order valence-electron chi connectivity index (χ4n) is 3.53. The number of ether oxygens (including phenoxy) is 2. The highest BCUT2D eigenvalue weighted by molar-refractivity contribution is 7.48. The molecule has 0 aliphatic carbocycles. The summed E-state index contributed by atoms with van der Waals surface area (Å²) in [5, 5.41) is 0.901. The van der Waals surface area contributed by atoms with Crippen LogP contribution in [0.3, 0.4) is 0 Å². The van der Waals surface area contributed by atoms with E-state index in [2.05, 4.69) is 38.1 Å². The minimum absolute atomic E-state index is 0.0998. The monoisotopic (exact) mass is 420 g/mol. The smallest absolute Gasteiger partial charge is 0.165 e. The Bertz CT molecular complexity index is 1000. The maximum absolute atomic E-state index is 12.2. The van der Waals surface area contributed by atoms with Crippen LogP contribution < -0.4 is 14.8 Å². The second-order valence-electron chi connectivity index (χ2n) is 7.52. The van der Waals surface area contributed by atoms with Crippen LogP contribution in [-0.4, -0.2) is 12.9 Å². The van der Waals surface area contributed by atoms with Crippen molar-refractivity contribution >= 4 is 19.7 Å². The number of Topliss-reactive ketones (excluding diaryl/α,β-unsaturated/α-hetero) is 1. The van der Waals surface area contributed by atoms with Crippen LogP contribution >= 0.6 is 8.58 Å². The zero-order valence-electron chi connectivity index (χ0n) is 18.1. The first-order valence-electron chi connectivity index (χ1n) is 10.2. The summed E-state index contributed by atoms with van der Waals surface area (Å²) in [6.45, 7) is 6.53. The van der Waals surface area contributed by atoms with Crippen molar-refractivity contribution in [2.24, 2.45) is 0 Å². The number of hydrogen-bond donors (Lipinski definition) is 0. The number of carbonyl (C=O) groups excluding carboxylic acids is 1. The normalized spacial score (nSPS) is 13.2. The van der Waals surface area contributed by atoms with Crippen molar-refractivity contribution in [3.8, 4) is 11.5 Å². The molecule has 0 aliphatic rings. The third kappa shape index (κ3) is 4.91. The summed E-state index contributed by atoms with van der Waals surface area (Å²) in [6.07, 6.45) is 0.909. The summed E-state index contributed by atoms with van der Waals surface area (Å²) in [4.78, 5) is 12.2. The molecule has 0 radical (unpaired) electrons. The van der Waals surface area contributed by atoms with Crippen LogP contribution in [-0.2, 0) is 11.8 Å². The van der Waals surface area contributed by atoms with Crippen LogP contribution in [0.15, 0.2) is 72.8 Å². The first-order chi connectivity index (χ1) is 14.5. The minimum atomic E-state index is -0.188. The minimum Gasteiger partial charge on any atom is -0.493 e. The Morgan fingerprint density at radius 3 is 2.33 bits per heavy atom. The molecule has 0 aromatic heterocycles. The van der Waals surface area contributed by atoms with E-state index in [1.165, 1.54) is 0 Å². The van der Waals surface area contributed by atoms with Gasteiger partial charge in [0.2, 0.25) is 0 Å². The van der Waals surface area contributed by atoms with Gasteiger partial charge in [0.1, 0.15) is 6.61 Å². The van der Waals surface area contributed by atoms with Gasteiger partial charge in [0.25, 0.3) is 0 Å². The highest BCUT2D eigenvalue weighted by atomic mass is 31.1. The van der Waals surface area contributed by atoms with E-state index in [1.54, 1.807) is 14.0 Å². The van der Waals surface area contributed by atoms with E-state index in [9.17, 15) is 4.79 Å². The highest BCUT2D eigenvalue weighted by Gasteiger charge is 2.31. The molecule has 2 unspecified atom stereocenters. The quantitative estimate of drug-likeness (QED) is 0.310. The summed E-state index contributed by atoms with van der Waals surface area (Å²) < 4.78 is 12.0. The van der Waals surface area contributed by atoms with E-state index in [1.807, 2.05) is 48.5 Å². The van der Waals surface area contributed by atoms with Gasteiger partial charge in [0.05, 0.1) is 7.11 Å². The summed E-state index contributed by atoms with van der Waals surface area (Å²) in [5.41, 5.74) is 3.01. The van der Waals surface area contributed by atoms with Gasteiger partial charge in [-0.15, -0.1) is 0 Å². The van der Waals surface area contributed by atoms with E-state index in [4.69, 9.17) is 9.47 Å². The highest BCUT2D eigenvalue weighted by Crippen LogP contribution is 2.50. The predicted molar refractivity (Wildman–Crippen MR) is 126 cm³/mol. The maximum Gasteiger partial charge on any atom is 0.165 e. The molecule has 3 aromatic carbocycles. The number of rotatable bonds is 9. The molecule has 0 fully saturated rings. The van der Waals surface area contributed by atoms with Gasteiger partial charge < -0.3 is 9.47 Å². The van der Waals surface area contributed by atoms with E-state index in [0.29, 0.717) is 15.2 Å². The van der Waals surface area contributed by atoms with Crippen LogP contribution in [0.2, 0.25) is 0 Å². The van der Waals surface area contributed by atoms with Crippen molar-refractivity contribution < 1.29 is 14.3 Å². The van der Waals surface area contributed by atoms with Crippen molar-refractivity contribution in [1.82, 2.24) is 0 Å². The molecule has 30 heavy (non-hydrogen) atoms. The van der Waals surface area contributed by atoms with Crippen molar-refractivity contribution in [2.45, 2.75) is 39.0 Å². The maximum atomic E-state index is 12.2. The summed E-state index contributed by atoms with van der Waals surface area (Å²) in [5.74, 6) is 1.61. The van der Waals surface area contributed by atoms with E-state index < -0.39 is 0 Å². The molecular formula is C26H29O3P. The van der Waals surface area contributed by atoms with Crippen LogP contribution in [0.5, 0.6) is 11.5 Å². The second-order valence-corrected chi connectivity index (χ2v) is 9.42. The number of para-hydroxylation sites is 1. The van der Waals surface area contributed by atoms with Gasteiger partial charge in [-0.3, -0.25) is 4.79 Å². The lowest BCUT2D eigenvalue weighted by Crippen LogP contribution is -2.22. The molecule has 0 saturated heterocycles. The van der Waals surface area contributed by atoms with Gasteiger partial charge in [0, 0.05) is 16.3 Å². The molecule has 3 rings (SSSR count). The molecule has 0 saturated carbocycles.